The molecule has 3 nitrogen and oxygen atoms in total. The van der Waals surface area contributed by atoms with Crippen LogP contribution < -0.4 is 0 Å². The molecular weight excluding hydrogens is 313 g/mol. The van der Waals surface area contributed by atoms with E-state index in [9.17, 15) is 12.8 Å². The lowest BCUT2D eigenvalue weighted by Crippen LogP contribution is -2.02. The van der Waals surface area contributed by atoms with Crippen molar-refractivity contribution in [1.29, 1.82) is 0 Å². The van der Waals surface area contributed by atoms with E-state index < -0.39 is 15.7 Å². The summed E-state index contributed by atoms with van der Waals surface area (Å²) < 4.78 is 37.9. The van der Waals surface area contributed by atoms with Crippen molar-refractivity contribution in [1.82, 2.24) is 4.98 Å². The van der Waals surface area contributed by atoms with Gasteiger partial charge < -0.3 is 0 Å². The summed E-state index contributed by atoms with van der Waals surface area (Å²) >= 11 is 6.00. The average molecular weight is 322 g/mol. The third kappa shape index (κ3) is 2.50. The minimum absolute atomic E-state index is 0.0204. The number of para-hydroxylation sites is 1. The first-order valence-corrected chi connectivity index (χ1v) is 7.89. The lowest BCUT2D eigenvalue weighted by Gasteiger charge is -2.06. The Balaban J connectivity index is 2.17. The molecule has 106 valence electrons. The van der Waals surface area contributed by atoms with Gasteiger partial charge in [-0.25, -0.2) is 12.8 Å². The number of halogens is 2. The quantitative estimate of drug-likeness (QED) is 0.673. The largest absolute Gasteiger partial charge is 0.253 e. The van der Waals surface area contributed by atoms with Crippen LogP contribution in [0.1, 0.15) is 0 Å². The maximum Gasteiger partial charge on any atom is 0.208 e. The fourth-order valence-corrected chi connectivity index (χ4v) is 3.47. The molecule has 0 bridgehead atoms. The molecule has 0 spiro atoms. The second-order valence-corrected chi connectivity index (χ2v) is 6.80. The Bertz CT molecular complexity index is 924. The molecule has 3 rings (SSSR count). The van der Waals surface area contributed by atoms with Crippen LogP contribution in [0.5, 0.6) is 0 Å². The predicted molar refractivity (Wildman–Crippen MR) is 78.6 cm³/mol. The zero-order valence-corrected chi connectivity index (χ0v) is 12.2. The number of benzene rings is 2. The Kier molecular flexibility index (Phi) is 3.39. The molecule has 2 aromatic carbocycles. The highest BCUT2D eigenvalue weighted by Crippen LogP contribution is 2.26. The van der Waals surface area contributed by atoms with E-state index in [0.717, 1.165) is 12.1 Å². The Morgan fingerprint density at radius 3 is 2.43 bits per heavy atom. The molecule has 3 aromatic rings. The Hall–Kier alpha value is -1.98. The van der Waals surface area contributed by atoms with Crippen LogP contribution in [-0.2, 0) is 9.84 Å². The second-order valence-electron chi connectivity index (χ2n) is 4.44. The molecule has 1 aromatic heterocycles. The first kappa shape index (κ1) is 14.0. The highest BCUT2D eigenvalue weighted by atomic mass is 35.5. The van der Waals surface area contributed by atoms with Crippen molar-refractivity contribution in [3.63, 3.8) is 0 Å². The summed E-state index contributed by atoms with van der Waals surface area (Å²) in [6.07, 6.45) is 1.26. The van der Waals surface area contributed by atoms with Crippen molar-refractivity contribution >= 4 is 32.3 Å². The van der Waals surface area contributed by atoms with E-state index in [4.69, 9.17) is 11.6 Å². The molecule has 1 heterocycles. The van der Waals surface area contributed by atoms with Gasteiger partial charge >= 0.3 is 0 Å². The molecule has 0 amide bonds. The summed E-state index contributed by atoms with van der Waals surface area (Å²) in [5, 5.41) is 1.09. The van der Waals surface area contributed by atoms with Crippen LogP contribution in [0, 0.1) is 5.82 Å². The molecule has 0 atom stereocenters. The van der Waals surface area contributed by atoms with E-state index in [2.05, 4.69) is 4.98 Å². The summed E-state index contributed by atoms with van der Waals surface area (Å²) in [5.74, 6) is -0.489. The summed E-state index contributed by atoms with van der Waals surface area (Å²) in [5.41, 5.74) is 0.539. The van der Waals surface area contributed by atoms with E-state index in [-0.39, 0.29) is 9.79 Å². The number of aromatic nitrogens is 1. The fraction of sp³-hybridized carbons (Fsp3) is 0. The standard InChI is InChI=1S/C15H9ClFNO2S/c16-14-3-1-2-10-8-13(9-18-15(10)14)21(19,20)12-6-4-11(17)5-7-12/h1-9H. The van der Waals surface area contributed by atoms with Crippen LogP contribution in [0.15, 0.2) is 64.5 Å². The van der Waals surface area contributed by atoms with Gasteiger partial charge in [0.15, 0.2) is 0 Å². The van der Waals surface area contributed by atoms with Crippen LogP contribution in [0.25, 0.3) is 10.9 Å². The van der Waals surface area contributed by atoms with E-state index in [1.165, 1.54) is 24.4 Å². The van der Waals surface area contributed by atoms with Gasteiger partial charge in [0.25, 0.3) is 0 Å². The van der Waals surface area contributed by atoms with Gasteiger partial charge in [0.05, 0.1) is 20.3 Å². The lowest BCUT2D eigenvalue weighted by atomic mass is 10.2. The van der Waals surface area contributed by atoms with Crippen molar-refractivity contribution in [2.24, 2.45) is 0 Å². The summed E-state index contributed by atoms with van der Waals surface area (Å²) in [4.78, 5) is 4.17. The number of sulfone groups is 1. The molecule has 0 aliphatic heterocycles. The number of nitrogens with zero attached hydrogens (tertiary/aromatic N) is 1. The number of hydrogen-bond acceptors (Lipinski definition) is 3. The summed E-state index contributed by atoms with van der Waals surface area (Å²) in [7, 11) is -3.73. The third-order valence-electron chi connectivity index (χ3n) is 3.07. The minimum atomic E-state index is -3.73. The highest BCUT2D eigenvalue weighted by Gasteiger charge is 2.18. The van der Waals surface area contributed by atoms with E-state index in [1.807, 2.05) is 0 Å². The van der Waals surface area contributed by atoms with Gasteiger partial charge in [0.1, 0.15) is 5.82 Å². The summed E-state index contributed by atoms with van der Waals surface area (Å²) in [6, 6.07) is 11.3. The molecule has 21 heavy (non-hydrogen) atoms. The zero-order valence-electron chi connectivity index (χ0n) is 10.6. The number of hydrogen-bond donors (Lipinski definition) is 0. The highest BCUT2D eigenvalue weighted by molar-refractivity contribution is 7.91. The third-order valence-corrected chi connectivity index (χ3v) is 5.11. The number of rotatable bonds is 2. The van der Waals surface area contributed by atoms with Crippen LogP contribution in [-0.4, -0.2) is 13.4 Å². The van der Waals surface area contributed by atoms with Crippen LogP contribution in [0.2, 0.25) is 5.02 Å². The van der Waals surface area contributed by atoms with Gasteiger partial charge in [-0.15, -0.1) is 0 Å². The maximum atomic E-state index is 12.9. The monoisotopic (exact) mass is 321 g/mol. The zero-order chi connectivity index (χ0) is 15.0. The van der Waals surface area contributed by atoms with Crippen molar-refractivity contribution in [2.45, 2.75) is 9.79 Å². The van der Waals surface area contributed by atoms with Crippen molar-refractivity contribution < 1.29 is 12.8 Å². The van der Waals surface area contributed by atoms with Crippen LogP contribution in [0.4, 0.5) is 4.39 Å². The summed E-state index contributed by atoms with van der Waals surface area (Å²) in [6.45, 7) is 0. The first-order chi connectivity index (χ1) is 9.98. The van der Waals surface area contributed by atoms with Crippen LogP contribution >= 0.6 is 11.6 Å². The molecule has 0 aliphatic carbocycles. The number of fused-ring (bicyclic) bond motifs is 1. The molecule has 0 radical (unpaired) electrons. The Labute approximate surface area is 125 Å². The van der Waals surface area contributed by atoms with E-state index in [1.54, 1.807) is 18.2 Å². The average Bonchev–Trinajstić information content (AvgIpc) is 2.47. The molecule has 0 fully saturated rings. The van der Waals surface area contributed by atoms with Crippen LogP contribution in [0.3, 0.4) is 0 Å². The molecule has 0 N–H and O–H groups in total. The minimum Gasteiger partial charge on any atom is -0.253 e. The van der Waals surface area contributed by atoms with Gasteiger partial charge in [-0.2, -0.15) is 0 Å². The molecular formula is C15H9ClFNO2S. The van der Waals surface area contributed by atoms with Gasteiger partial charge in [-0.1, -0.05) is 23.7 Å². The van der Waals surface area contributed by atoms with Crippen molar-refractivity contribution in [2.75, 3.05) is 0 Å². The Morgan fingerprint density at radius 1 is 1.00 bits per heavy atom. The molecule has 0 saturated heterocycles. The van der Waals surface area contributed by atoms with Crippen molar-refractivity contribution in [3.05, 3.63) is 65.6 Å². The Morgan fingerprint density at radius 2 is 1.71 bits per heavy atom. The van der Waals surface area contributed by atoms with Gasteiger partial charge in [-0.3, -0.25) is 4.98 Å². The van der Waals surface area contributed by atoms with E-state index >= 15 is 0 Å². The molecule has 6 heteroatoms. The normalized spacial score (nSPS) is 11.7. The van der Waals surface area contributed by atoms with Gasteiger partial charge in [-0.05, 0) is 36.4 Å². The smallest absolute Gasteiger partial charge is 0.208 e. The predicted octanol–water partition coefficient (Wildman–Crippen LogP) is 3.86. The van der Waals surface area contributed by atoms with E-state index in [0.29, 0.717) is 15.9 Å². The second kappa shape index (κ2) is 5.09. The van der Waals surface area contributed by atoms with Gasteiger partial charge in [0, 0.05) is 11.6 Å². The van der Waals surface area contributed by atoms with Crippen molar-refractivity contribution in [3.8, 4) is 0 Å². The first-order valence-electron chi connectivity index (χ1n) is 6.03. The maximum absolute atomic E-state index is 12.9. The number of pyridine rings is 1. The lowest BCUT2D eigenvalue weighted by molar-refractivity contribution is 0.594. The molecule has 0 aliphatic rings. The molecule has 0 saturated carbocycles. The SMILES string of the molecule is O=S(=O)(c1ccc(F)cc1)c1cnc2c(Cl)cccc2c1. The fourth-order valence-electron chi connectivity index (χ4n) is 2.00. The molecule has 0 unspecified atom stereocenters. The topological polar surface area (TPSA) is 47.0 Å². The van der Waals surface area contributed by atoms with Gasteiger partial charge in [0.2, 0.25) is 9.84 Å².